The van der Waals surface area contributed by atoms with E-state index in [0.717, 1.165) is 39.1 Å². The highest BCUT2D eigenvalue weighted by Gasteiger charge is 2.05. The van der Waals surface area contributed by atoms with Crippen LogP contribution in [0.25, 0.3) is 0 Å². The number of unbranched alkanes of at least 4 members (excludes halogenated alkanes) is 12. The maximum atomic E-state index is 10.2. The van der Waals surface area contributed by atoms with Crippen LogP contribution in [-0.2, 0) is 9.53 Å². The Labute approximate surface area is 149 Å². The summed E-state index contributed by atoms with van der Waals surface area (Å²) in [4.78, 5) is 10.2. The summed E-state index contributed by atoms with van der Waals surface area (Å²) in [7, 11) is 0. The van der Waals surface area contributed by atoms with Crippen LogP contribution < -0.4 is 10.4 Å². The molecule has 0 aromatic rings. The molecule has 1 saturated heterocycles. The van der Waals surface area contributed by atoms with E-state index in [4.69, 9.17) is 4.74 Å². The van der Waals surface area contributed by atoms with Crippen molar-refractivity contribution < 1.29 is 14.6 Å². The van der Waals surface area contributed by atoms with Crippen LogP contribution in [0.1, 0.15) is 96.8 Å². The summed E-state index contributed by atoms with van der Waals surface area (Å²) in [6, 6.07) is 0. The van der Waals surface area contributed by atoms with Crippen LogP contribution >= 0.6 is 0 Å². The summed E-state index contributed by atoms with van der Waals surface area (Å²) in [5.74, 6) is -0.905. The van der Waals surface area contributed by atoms with Crippen molar-refractivity contribution in [1.82, 2.24) is 5.32 Å². The van der Waals surface area contributed by atoms with Gasteiger partial charge in [0.05, 0.1) is 13.1 Å². The average Bonchev–Trinajstić information content (AvgIpc) is 2.61. The summed E-state index contributed by atoms with van der Waals surface area (Å²) in [5.41, 5.74) is 0. The third-order valence-electron chi connectivity index (χ3n) is 4.33. The molecule has 0 aromatic carbocycles. The number of carboxylic acid groups (broad SMARTS) is 1. The molecule has 0 atom stereocenters. The second-order valence-corrected chi connectivity index (χ2v) is 6.73. The smallest absolute Gasteiger partial charge is 0.232 e. The molecule has 0 bridgehead atoms. The van der Waals surface area contributed by atoms with Crippen LogP contribution in [0.15, 0.2) is 0 Å². The molecule has 1 rings (SSSR count). The van der Waals surface area contributed by atoms with Crippen LogP contribution in [0.2, 0.25) is 0 Å². The van der Waals surface area contributed by atoms with Crippen LogP contribution in [-0.4, -0.2) is 32.3 Å². The van der Waals surface area contributed by atoms with E-state index >= 15 is 0 Å². The first kappa shape index (κ1) is 23.4. The van der Waals surface area contributed by atoms with E-state index in [0.29, 0.717) is 0 Å². The van der Waals surface area contributed by atoms with E-state index in [9.17, 15) is 9.90 Å². The summed E-state index contributed by atoms with van der Waals surface area (Å²) < 4.78 is 5.01. The molecule has 24 heavy (non-hydrogen) atoms. The number of hydrogen-bond acceptors (Lipinski definition) is 4. The first-order valence-electron chi connectivity index (χ1n) is 10.3. The van der Waals surface area contributed by atoms with Gasteiger partial charge in [-0.05, 0) is 12.8 Å². The molecule has 1 heterocycles. The van der Waals surface area contributed by atoms with Gasteiger partial charge in [-0.25, -0.2) is 0 Å². The third kappa shape index (κ3) is 21.4. The Kier molecular flexibility index (Phi) is 19.9. The van der Waals surface area contributed by atoms with Gasteiger partial charge < -0.3 is 15.2 Å². The molecule has 1 N–H and O–H groups in total. The van der Waals surface area contributed by atoms with Gasteiger partial charge in [-0.3, -0.25) is 0 Å². The number of aliphatic carboxylic acids is 1. The summed E-state index contributed by atoms with van der Waals surface area (Å²) in [5, 5.41) is 13.3. The first-order valence-corrected chi connectivity index (χ1v) is 10.3. The van der Waals surface area contributed by atoms with E-state index in [1.54, 1.807) is 0 Å². The Morgan fingerprint density at radius 2 is 1.21 bits per heavy atom. The van der Waals surface area contributed by atoms with Gasteiger partial charge in [0.2, 0.25) is 13.2 Å². The largest absolute Gasteiger partial charge is 0.550 e. The molecule has 1 aliphatic heterocycles. The molecule has 1 radical (unpaired) electrons. The molecule has 4 nitrogen and oxygen atoms in total. The monoisotopic (exact) mass is 342 g/mol. The zero-order valence-electron chi connectivity index (χ0n) is 16.0. The van der Waals surface area contributed by atoms with Crippen LogP contribution in [0.3, 0.4) is 0 Å². The number of ether oxygens (including phenoxy) is 1. The SMILES string of the molecule is C1C[O+]CCN1.CCCCCCCCCCCCCCCC(=O)[O-]. The Morgan fingerprint density at radius 3 is 1.50 bits per heavy atom. The Hall–Kier alpha value is -0.610. The fourth-order valence-electron chi connectivity index (χ4n) is 2.80. The van der Waals surface area contributed by atoms with Gasteiger partial charge >= 0.3 is 0 Å². The number of morpholine rings is 1. The average molecular weight is 343 g/mol. The van der Waals surface area contributed by atoms with Crippen LogP contribution in [0, 0.1) is 0 Å². The van der Waals surface area contributed by atoms with Crippen molar-refractivity contribution in [3.05, 3.63) is 0 Å². The lowest BCUT2D eigenvalue weighted by Crippen LogP contribution is -2.30. The van der Waals surface area contributed by atoms with E-state index in [2.05, 4.69) is 12.2 Å². The topological polar surface area (TPSA) is 63.5 Å². The molecule has 4 heteroatoms. The number of carbonyl (C=O) groups is 1. The summed E-state index contributed by atoms with van der Waals surface area (Å²) in [6.45, 7) is 6.09. The molecule has 0 unspecified atom stereocenters. The lowest BCUT2D eigenvalue weighted by Gasteiger charge is -2.03. The Balaban J connectivity index is 0.000000728. The lowest BCUT2D eigenvalue weighted by molar-refractivity contribution is -0.305. The lowest BCUT2D eigenvalue weighted by atomic mass is 10.0. The second kappa shape index (κ2) is 20.4. The minimum absolute atomic E-state index is 0.234. The molecule has 1 aliphatic rings. The minimum Gasteiger partial charge on any atom is -0.550 e. The predicted molar refractivity (Wildman–Crippen MR) is 99.0 cm³/mol. The van der Waals surface area contributed by atoms with Crippen molar-refractivity contribution in [2.24, 2.45) is 0 Å². The molecule has 0 saturated carbocycles. The van der Waals surface area contributed by atoms with Gasteiger partial charge in [0.25, 0.3) is 0 Å². The number of hydrogen-bond donors (Lipinski definition) is 1. The van der Waals surface area contributed by atoms with Crippen molar-refractivity contribution in [2.75, 3.05) is 26.3 Å². The van der Waals surface area contributed by atoms with Crippen LogP contribution in [0.5, 0.6) is 0 Å². The molecule has 0 aliphatic carbocycles. The number of carboxylic acids is 1. The van der Waals surface area contributed by atoms with Gasteiger partial charge in [-0.15, -0.1) is 4.74 Å². The zero-order valence-corrected chi connectivity index (χ0v) is 16.0. The van der Waals surface area contributed by atoms with E-state index < -0.39 is 5.97 Å². The third-order valence-corrected chi connectivity index (χ3v) is 4.33. The normalized spacial score (nSPS) is 14.0. The van der Waals surface area contributed by atoms with Crippen molar-refractivity contribution in [3.63, 3.8) is 0 Å². The van der Waals surface area contributed by atoms with E-state index in [1.165, 1.54) is 70.6 Å². The second-order valence-electron chi connectivity index (χ2n) is 6.73. The van der Waals surface area contributed by atoms with Gasteiger partial charge in [0.15, 0.2) is 0 Å². The van der Waals surface area contributed by atoms with E-state index in [-0.39, 0.29) is 6.42 Å². The molecule has 1 fully saturated rings. The highest BCUT2D eigenvalue weighted by molar-refractivity contribution is 5.63. The number of nitrogens with one attached hydrogen (secondary N) is 1. The standard InChI is InChI=1S/C16H32O2.C4H9NO/c1-2-3-4-5-6-7-8-9-10-11-12-13-14-15-16(17)18;1-3-6-4-2-5-1/h2-15H2,1H3,(H,17,18);5H,1-4H2/q;+1/p-1. The van der Waals surface area contributed by atoms with Gasteiger partial charge in [0.1, 0.15) is 0 Å². The molecule has 143 valence electrons. The van der Waals surface area contributed by atoms with Gasteiger partial charge in [0, 0.05) is 5.97 Å². The van der Waals surface area contributed by atoms with Gasteiger partial charge in [-0.1, -0.05) is 84.0 Å². The molecule has 0 aromatic heterocycles. The number of rotatable bonds is 14. The summed E-state index contributed by atoms with van der Waals surface area (Å²) in [6.07, 6.45) is 16.9. The Morgan fingerprint density at radius 1 is 0.792 bits per heavy atom. The predicted octanol–water partition coefficient (Wildman–Crippen LogP) is 3.82. The molecule has 0 spiro atoms. The first-order chi connectivity index (χ1) is 11.8. The molecule has 0 amide bonds. The Bertz CT molecular complexity index is 244. The maximum absolute atomic E-state index is 10.2. The highest BCUT2D eigenvalue weighted by Crippen LogP contribution is 2.12. The molecular weight excluding hydrogens is 302 g/mol. The highest BCUT2D eigenvalue weighted by atomic mass is 16.5. The fourth-order valence-corrected chi connectivity index (χ4v) is 2.80. The number of carbonyl (C=O) groups excluding carboxylic acids is 1. The fraction of sp³-hybridized carbons (Fsp3) is 0.950. The van der Waals surface area contributed by atoms with E-state index in [1.807, 2.05) is 0 Å². The maximum Gasteiger partial charge on any atom is 0.232 e. The van der Waals surface area contributed by atoms with Crippen molar-refractivity contribution in [1.29, 1.82) is 0 Å². The van der Waals surface area contributed by atoms with Crippen molar-refractivity contribution >= 4 is 5.97 Å². The molecular formula is C20H40NO3. The quantitative estimate of drug-likeness (QED) is 0.385. The van der Waals surface area contributed by atoms with Gasteiger partial charge in [-0.2, -0.15) is 0 Å². The summed E-state index contributed by atoms with van der Waals surface area (Å²) >= 11 is 0. The van der Waals surface area contributed by atoms with Crippen molar-refractivity contribution in [2.45, 2.75) is 96.8 Å². The minimum atomic E-state index is -0.905. The van der Waals surface area contributed by atoms with Crippen LogP contribution in [0.4, 0.5) is 0 Å². The van der Waals surface area contributed by atoms with Crippen molar-refractivity contribution in [3.8, 4) is 0 Å². The zero-order chi connectivity index (χ0) is 17.7.